The van der Waals surface area contributed by atoms with Gasteiger partial charge in [0.05, 0.1) is 11.1 Å². The van der Waals surface area contributed by atoms with E-state index in [2.05, 4.69) is 9.71 Å². The van der Waals surface area contributed by atoms with Gasteiger partial charge in [-0.1, -0.05) is 52.7 Å². The van der Waals surface area contributed by atoms with Crippen LogP contribution in [0.5, 0.6) is 0 Å². The molecule has 0 saturated heterocycles. The number of cyclic esters (lactones) is 1. The molecule has 198 valence electrons. The fraction of sp³-hybridized carbons (Fsp3) is 0.464. The van der Waals surface area contributed by atoms with Crippen molar-refractivity contribution in [3.05, 3.63) is 65.1 Å². The summed E-state index contributed by atoms with van der Waals surface area (Å²) in [6, 6.07) is 11.6. The number of hydrogen-bond donors (Lipinski definition) is 2. The summed E-state index contributed by atoms with van der Waals surface area (Å²) in [7, 11) is -3.93. The van der Waals surface area contributed by atoms with E-state index in [4.69, 9.17) is 10.00 Å². The molecule has 1 aromatic heterocycles. The Morgan fingerprint density at radius 3 is 2.43 bits per heavy atom. The number of ether oxygens (including phenoxy) is 1. The van der Waals surface area contributed by atoms with Crippen molar-refractivity contribution in [2.75, 3.05) is 4.72 Å². The van der Waals surface area contributed by atoms with E-state index >= 15 is 0 Å². The molecular formula is C28H35N3O5S. The number of aliphatic hydroxyl groups is 1. The van der Waals surface area contributed by atoms with Gasteiger partial charge in [-0.25, -0.2) is 9.78 Å². The molecule has 2 N–H and O–H groups in total. The molecule has 9 heteroatoms. The van der Waals surface area contributed by atoms with Crippen molar-refractivity contribution in [2.24, 2.45) is 5.41 Å². The van der Waals surface area contributed by atoms with Gasteiger partial charge in [-0.3, -0.25) is 4.72 Å². The first-order chi connectivity index (χ1) is 17.4. The number of hydrogen-bond acceptors (Lipinski definition) is 7. The van der Waals surface area contributed by atoms with Gasteiger partial charge in [0.1, 0.15) is 17.4 Å². The molecule has 0 atom stereocenters. The highest BCUT2D eigenvalue weighted by Gasteiger charge is 2.41. The Balaban J connectivity index is 1.74. The predicted octanol–water partition coefficient (Wildman–Crippen LogP) is 5.81. The third kappa shape index (κ3) is 7.10. The molecule has 0 fully saturated rings. The monoisotopic (exact) mass is 525 g/mol. The summed E-state index contributed by atoms with van der Waals surface area (Å²) in [4.78, 5) is 16.8. The van der Waals surface area contributed by atoms with Crippen LogP contribution in [0.15, 0.2) is 59.0 Å². The summed E-state index contributed by atoms with van der Waals surface area (Å²) in [6.45, 7) is 8.08. The molecule has 0 amide bonds. The number of nitrogens with zero attached hydrogens (tertiary/aromatic N) is 2. The summed E-state index contributed by atoms with van der Waals surface area (Å²) < 4.78 is 33.9. The molecule has 2 aromatic rings. The van der Waals surface area contributed by atoms with Crippen LogP contribution >= 0.6 is 0 Å². The number of aliphatic hydroxyl groups excluding tert-OH is 1. The molecule has 1 aliphatic rings. The van der Waals surface area contributed by atoms with Gasteiger partial charge >= 0.3 is 5.97 Å². The molecule has 37 heavy (non-hydrogen) atoms. The smallest absolute Gasteiger partial charge is 0.337 e. The van der Waals surface area contributed by atoms with Gasteiger partial charge in [0.25, 0.3) is 10.0 Å². The van der Waals surface area contributed by atoms with Crippen LogP contribution in [0.1, 0.15) is 77.3 Å². The van der Waals surface area contributed by atoms with Gasteiger partial charge < -0.3 is 9.84 Å². The van der Waals surface area contributed by atoms with Gasteiger partial charge in [0, 0.05) is 18.3 Å². The maximum absolute atomic E-state index is 12.9. The highest BCUT2D eigenvalue weighted by molar-refractivity contribution is 7.92. The van der Waals surface area contributed by atoms with Crippen molar-refractivity contribution in [3.8, 4) is 6.07 Å². The van der Waals surface area contributed by atoms with Crippen LogP contribution in [-0.4, -0.2) is 30.1 Å². The maximum atomic E-state index is 12.9. The Morgan fingerprint density at radius 1 is 1.16 bits per heavy atom. The highest BCUT2D eigenvalue weighted by atomic mass is 32.2. The van der Waals surface area contributed by atoms with E-state index in [1.54, 1.807) is 18.2 Å². The van der Waals surface area contributed by atoms with E-state index in [9.17, 15) is 18.3 Å². The van der Waals surface area contributed by atoms with Crippen LogP contribution in [0.4, 0.5) is 5.69 Å². The summed E-state index contributed by atoms with van der Waals surface area (Å²) in [5, 5.41) is 19.6. The van der Waals surface area contributed by atoms with E-state index in [1.165, 1.54) is 18.3 Å². The number of nitrogens with one attached hydrogen (secondary N) is 1. The molecule has 3 rings (SSSR count). The van der Waals surface area contributed by atoms with Crippen LogP contribution in [0.2, 0.25) is 0 Å². The largest absolute Gasteiger partial charge is 0.512 e. The van der Waals surface area contributed by atoms with Crippen LogP contribution in [0.25, 0.3) is 0 Å². The molecule has 1 aromatic carbocycles. The Labute approximate surface area is 219 Å². The van der Waals surface area contributed by atoms with Gasteiger partial charge in [0.2, 0.25) is 0 Å². The number of rotatable bonds is 11. The molecule has 0 spiro atoms. The van der Waals surface area contributed by atoms with Crippen molar-refractivity contribution >= 4 is 21.7 Å². The molecule has 0 bridgehead atoms. The third-order valence-corrected chi connectivity index (χ3v) is 7.76. The standard InChI is InChI=1S/C28H35N3O5S/c1-5-12-28(13-6-2)17-24(32)23(26(33)36-28)16-27(3,4)15-20-8-7-9-22(14-20)31-37(34,35)25-11-10-21(18-29)19-30-25/h7-11,14,19,31-32H,5-6,12-13,15-17H2,1-4H3. The summed E-state index contributed by atoms with van der Waals surface area (Å²) in [6.07, 6.45) is 5.58. The molecule has 0 unspecified atom stereocenters. The van der Waals surface area contributed by atoms with Gasteiger partial charge in [-0.2, -0.15) is 13.7 Å². The summed E-state index contributed by atoms with van der Waals surface area (Å²) in [5.74, 6) is -0.335. The second-order valence-corrected chi connectivity index (χ2v) is 12.1. The average molecular weight is 526 g/mol. The zero-order chi connectivity index (χ0) is 27.3. The number of esters is 1. The molecule has 8 nitrogen and oxygen atoms in total. The fourth-order valence-electron chi connectivity index (χ4n) is 4.96. The Bertz CT molecular complexity index is 1300. The second-order valence-electron chi connectivity index (χ2n) is 10.5. The fourth-order valence-corrected chi connectivity index (χ4v) is 5.95. The quantitative estimate of drug-likeness (QED) is 0.354. The van der Waals surface area contributed by atoms with Crippen molar-refractivity contribution in [1.82, 2.24) is 4.98 Å². The number of pyridine rings is 1. The SMILES string of the molecule is CCCC1(CCC)CC(O)=C(CC(C)(C)Cc2cccc(NS(=O)(=O)c3ccc(C#N)cn3)c2)C(=O)O1. The van der Waals surface area contributed by atoms with Crippen molar-refractivity contribution in [2.45, 2.75) is 83.3 Å². The zero-order valence-corrected chi connectivity index (χ0v) is 22.7. The lowest BCUT2D eigenvalue weighted by molar-refractivity contribution is -0.161. The molecular weight excluding hydrogens is 490 g/mol. The van der Waals surface area contributed by atoms with Gasteiger partial charge in [-0.05, 0) is 60.9 Å². The maximum Gasteiger partial charge on any atom is 0.337 e. The van der Waals surface area contributed by atoms with E-state index in [-0.39, 0.29) is 16.3 Å². The normalized spacial score (nSPS) is 15.7. The van der Waals surface area contributed by atoms with Gasteiger partial charge in [0.15, 0.2) is 5.03 Å². The van der Waals surface area contributed by atoms with E-state index in [0.29, 0.717) is 43.4 Å². The van der Waals surface area contributed by atoms with Crippen molar-refractivity contribution in [1.29, 1.82) is 5.26 Å². The lowest BCUT2D eigenvalue weighted by atomic mass is 9.77. The summed E-state index contributed by atoms with van der Waals surface area (Å²) >= 11 is 0. The highest BCUT2D eigenvalue weighted by Crippen LogP contribution is 2.40. The molecule has 0 saturated carbocycles. The molecule has 0 radical (unpaired) electrons. The number of anilines is 1. The minimum Gasteiger partial charge on any atom is -0.512 e. The van der Waals surface area contributed by atoms with Crippen LogP contribution in [0.3, 0.4) is 0 Å². The lowest BCUT2D eigenvalue weighted by Gasteiger charge is -2.38. The number of benzene rings is 1. The second kappa shape index (κ2) is 11.3. The molecule has 1 aliphatic heterocycles. The number of nitriles is 1. The average Bonchev–Trinajstić information content (AvgIpc) is 2.81. The Kier molecular flexibility index (Phi) is 8.64. The number of carbonyl (C=O) groups is 1. The van der Waals surface area contributed by atoms with Crippen LogP contribution in [-0.2, 0) is 26.0 Å². The first-order valence-corrected chi connectivity index (χ1v) is 14.0. The lowest BCUT2D eigenvalue weighted by Crippen LogP contribution is -2.41. The predicted molar refractivity (Wildman–Crippen MR) is 141 cm³/mol. The van der Waals surface area contributed by atoms with Gasteiger partial charge in [-0.15, -0.1) is 0 Å². The Morgan fingerprint density at radius 2 is 1.86 bits per heavy atom. The summed E-state index contributed by atoms with van der Waals surface area (Å²) in [5.41, 5.74) is 0.790. The molecule has 0 aliphatic carbocycles. The first kappa shape index (κ1) is 28.2. The van der Waals surface area contributed by atoms with E-state index in [1.807, 2.05) is 39.8 Å². The minimum absolute atomic E-state index is 0.114. The molecule has 2 heterocycles. The number of aromatic nitrogens is 1. The minimum atomic E-state index is -3.93. The van der Waals surface area contributed by atoms with Crippen molar-refractivity contribution < 1.29 is 23.1 Å². The third-order valence-electron chi connectivity index (χ3n) is 6.46. The van der Waals surface area contributed by atoms with E-state index < -0.39 is 27.0 Å². The Hall–Kier alpha value is -3.38. The first-order valence-electron chi connectivity index (χ1n) is 12.5. The number of carbonyl (C=O) groups excluding carboxylic acids is 1. The number of sulfonamides is 1. The van der Waals surface area contributed by atoms with Crippen LogP contribution < -0.4 is 4.72 Å². The topological polar surface area (TPSA) is 129 Å². The zero-order valence-electron chi connectivity index (χ0n) is 21.9. The van der Waals surface area contributed by atoms with E-state index in [0.717, 1.165) is 18.4 Å². The van der Waals surface area contributed by atoms with Crippen LogP contribution in [0, 0.1) is 16.7 Å². The van der Waals surface area contributed by atoms with Crippen molar-refractivity contribution in [3.63, 3.8) is 0 Å².